The van der Waals surface area contributed by atoms with Crippen molar-refractivity contribution in [2.45, 2.75) is 26.3 Å². The van der Waals surface area contributed by atoms with E-state index in [1.165, 1.54) is 18.2 Å². The van der Waals surface area contributed by atoms with Gasteiger partial charge in [-0.3, -0.25) is 25.1 Å². The Morgan fingerprint density at radius 3 is 2.53 bits per heavy atom. The topological polar surface area (TPSA) is 131 Å². The highest BCUT2D eigenvalue weighted by Crippen LogP contribution is 2.46. The third-order valence-corrected chi connectivity index (χ3v) is 5.70. The van der Waals surface area contributed by atoms with Gasteiger partial charge in [-0.25, -0.2) is 9.69 Å². The number of imide groups is 1. The Balaban J connectivity index is 1.90. The first-order chi connectivity index (χ1) is 15.2. The molecule has 164 valence electrons. The van der Waals surface area contributed by atoms with Crippen molar-refractivity contribution in [3.05, 3.63) is 69.3 Å². The van der Waals surface area contributed by atoms with E-state index in [0.717, 1.165) is 10.5 Å². The number of rotatable bonds is 5. The fraction of sp³-hybridized carbons (Fsp3) is 0.273. The van der Waals surface area contributed by atoms with Gasteiger partial charge in [-0.05, 0) is 31.9 Å². The van der Waals surface area contributed by atoms with Crippen LogP contribution in [-0.4, -0.2) is 35.0 Å². The Labute approximate surface area is 183 Å². The van der Waals surface area contributed by atoms with Crippen LogP contribution in [0.3, 0.4) is 0 Å². The Morgan fingerprint density at radius 2 is 1.91 bits per heavy atom. The second kappa shape index (κ2) is 7.56. The highest BCUT2D eigenvalue weighted by Gasteiger charge is 2.67. The SMILES string of the molecule is CCOC(=O)C1=NNC2(c3ccc(C)cc3)C(=O)N(c3cc([N+](=O)[O-])ccc3C)C(=O)C12. The summed E-state index contributed by atoms with van der Waals surface area (Å²) in [4.78, 5) is 51.6. The number of ether oxygens (including phenoxy) is 1. The van der Waals surface area contributed by atoms with Gasteiger partial charge in [-0.2, -0.15) is 5.10 Å². The lowest BCUT2D eigenvalue weighted by Crippen LogP contribution is -2.48. The molecular weight excluding hydrogens is 416 g/mol. The summed E-state index contributed by atoms with van der Waals surface area (Å²) in [6.07, 6.45) is 0. The first-order valence-corrected chi connectivity index (χ1v) is 9.94. The first kappa shape index (κ1) is 21.2. The van der Waals surface area contributed by atoms with Gasteiger partial charge in [-0.1, -0.05) is 35.9 Å². The maximum atomic E-state index is 13.8. The molecule has 10 nitrogen and oxygen atoms in total. The van der Waals surface area contributed by atoms with Crippen molar-refractivity contribution in [1.82, 2.24) is 5.43 Å². The molecule has 0 bridgehead atoms. The molecule has 2 aromatic carbocycles. The molecule has 4 rings (SSSR count). The zero-order chi connectivity index (χ0) is 23.2. The number of anilines is 1. The summed E-state index contributed by atoms with van der Waals surface area (Å²) in [5.41, 5.74) is 2.56. The molecule has 2 heterocycles. The van der Waals surface area contributed by atoms with E-state index in [9.17, 15) is 24.5 Å². The predicted octanol–water partition coefficient (Wildman–Crippen LogP) is 2.12. The second-order valence-electron chi connectivity index (χ2n) is 7.64. The summed E-state index contributed by atoms with van der Waals surface area (Å²) < 4.78 is 5.05. The molecule has 0 saturated carbocycles. The molecule has 2 atom stereocenters. The van der Waals surface area contributed by atoms with E-state index >= 15 is 0 Å². The number of nitro groups is 1. The third-order valence-electron chi connectivity index (χ3n) is 5.70. The van der Waals surface area contributed by atoms with Crippen molar-refractivity contribution in [2.75, 3.05) is 11.5 Å². The number of carbonyl (C=O) groups excluding carboxylic acids is 3. The number of nitrogens with zero attached hydrogens (tertiary/aromatic N) is 3. The lowest BCUT2D eigenvalue weighted by Gasteiger charge is -2.26. The second-order valence-corrected chi connectivity index (χ2v) is 7.64. The normalized spacial score (nSPS) is 21.8. The van der Waals surface area contributed by atoms with Crippen LogP contribution in [0.15, 0.2) is 47.6 Å². The number of benzene rings is 2. The van der Waals surface area contributed by atoms with Crippen LogP contribution < -0.4 is 10.3 Å². The molecule has 10 heteroatoms. The Bertz CT molecular complexity index is 1190. The molecule has 32 heavy (non-hydrogen) atoms. The standard InChI is InChI=1S/C22H20N4O6/c1-4-32-20(28)18-17-19(27)25(16-11-15(26(30)31)10-7-13(16)3)21(29)22(17,24-23-18)14-8-5-12(2)6-9-14/h5-11,17,24H,4H2,1-3H3. The number of carbonyl (C=O) groups is 3. The predicted molar refractivity (Wildman–Crippen MR) is 114 cm³/mol. The van der Waals surface area contributed by atoms with Crippen molar-refractivity contribution in [2.24, 2.45) is 11.0 Å². The van der Waals surface area contributed by atoms with Gasteiger partial charge in [0.15, 0.2) is 11.3 Å². The maximum absolute atomic E-state index is 13.8. The van der Waals surface area contributed by atoms with Crippen molar-refractivity contribution in [3.63, 3.8) is 0 Å². The van der Waals surface area contributed by atoms with E-state index < -0.39 is 34.2 Å². The zero-order valence-electron chi connectivity index (χ0n) is 17.6. The highest BCUT2D eigenvalue weighted by molar-refractivity contribution is 6.47. The van der Waals surface area contributed by atoms with Crippen LogP contribution in [0.4, 0.5) is 11.4 Å². The van der Waals surface area contributed by atoms with E-state index in [2.05, 4.69) is 10.5 Å². The minimum Gasteiger partial charge on any atom is -0.461 e. The fourth-order valence-corrected chi connectivity index (χ4v) is 4.08. The van der Waals surface area contributed by atoms with Gasteiger partial charge in [-0.15, -0.1) is 0 Å². The first-order valence-electron chi connectivity index (χ1n) is 9.94. The average Bonchev–Trinajstić information content (AvgIpc) is 3.25. The number of hydrazone groups is 1. The maximum Gasteiger partial charge on any atom is 0.355 e. The largest absolute Gasteiger partial charge is 0.461 e. The van der Waals surface area contributed by atoms with E-state index in [1.54, 1.807) is 38.1 Å². The Morgan fingerprint density at radius 1 is 1.22 bits per heavy atom. The Kier molecular flexibility index (Phi) is 5.00. The van der Waals surface area contributed by atoms with Gasteiger partial charge >= 0.3 is 5.97 Å². The van der Waals surface area contributed by atoms with E-state index in [0.29, 0.717) is 11.1 Å². The van der Waals surface area contributed by atoms with Gasteiger partial charge in [0.2, 0.25) is 5.91 Å². The molecule has 2 unspecified atom stereocenters. The summed E-state index contributed by atoms with van der Waals surface area (Å²) >= 11 is 0. The minimum atomic E-state index is -1.66. The van der Waals surface area contributed by atoms with Gasteiger partial charge in [0.25, 0.3) is 11.6 Å². The lowest BCUT2D eigenvalue weighted by atomic mass is 9.78. The number of fused-ring (bicyclic) bond motifs is 1. The average molecular weight is 436 g/mol. The number of non-ortho nitro benzene ring substituents is 1. The van der Waals surface area contributed by atoms with Crippen molar-refractivity contribution in [3.8, 4) is 0 Å². The van der Waals surface area contributed by atoms with Crippen LogP contribution in [0, 0.1) is 29.9 Å². The number of amides is 2. The molecule has 1 fully saturated rings. The van der Waals surface area contributed by atoms with E-state index in [4.69, 9.17) is 4.74 Å². The van der Waals surface area contributed by atoms with E-state index in [1.807, 2.05) is 6.92 Å². The van der Waals surface area contributed by atoms with Crippen LogP contribution >= 0.6 is 0 Å². The van der Waals surface area contributed by atoms with Gasteiger partial charge < -0.3 is 4.74 Å². The Hall–Kier alpha value is -4.08. The highest BCUT2D eigenvalue weighted by atomic mass is 16.6. The molecule has 2 aliphatic rings. The van der Waals surface area contributed by atoms with Crippen molar-refractivity contribution >= 4 is 34.9 Å². The van der Waals surface area contributed by atoms with Crippen LogP contribution in [0.25, 0.3) is 0 Å². The minimum absolute atomic E-state index is 0.0674. The molecule has 2 amide bonds. The molecule has 0 spiro atoms. The fourth-order valence-electron chi connectivity index (χ4n) is 4.08. The summed E-state index contributed by atoms with van der Waals surface area (Å²) in [5.74, 6) is -3.48. The smallest absolute Gasteiger partial charge is 0.355 e. The molecule has 2 aliphatic heterocycles. The van der Waals surface area contributed by atoms with Crippen LogP contribution in [0.5, 0.6) is 0 Å². The van der Waals surface area contributed by atoms with Crippen molar-refractivity contribution < 1.29 is 24.0 Å². The third kappa shape index (κ3) is 2.95. The molecule has 1 N–H and O–H groups in total. The zero-order valence-corrected chi connectivity index (χ0v) is 17.6. The molecule has 2 aromatic rings. The van der Waals surface area contributed by atoms with Crippen LogP contribution in [0.2, 0.25) is 0 Å². The summed E-state index contributed by atoms with van der Waals surface area (Å²) in [6, 6.07) is 10.9. The molecule has 0 aromatic heterocycles. The molecule has 0 radical (unpaired) electrons. The number of esters is 1. The van der Waals surface area contributed by atoms with Gasteiger partial charge in [0.1, 0.15) is 5.92 Å². The quantitative estimate of drug-likeness (QED) is 0.329. The van der Waals surface area contributed by atoms with Gasteiger partial charge in [0, 0.05) is 12.1 Å². The lowest BCUT2D eigenvalue weighted by molar-refractivity contribution is -0.384. The van der Waals surface area contributed by atoms with Crippen LogP contribution in [-0.2, 0) is 24.7 Å². The summed E-state index contributed by atoms with van der Waals surface area (Å²) in [7, 11) is 0. The number of nitro benzene ring substituents is 1. The monoisotopic (exact) mass is 436 g/mol. The summed E-state index contributed by atoms with van der Waals surface area (Å²) in [5, 5.41) is 15.3. The number of hydrogen-bond donors (Lipinski definition) is 1. The number of nitrogens with one attached hydrogen (secondary N) is 1. The van der Waals surface area contributed by atoms with Gasteiger partial charge in [0.05, 0.1) is 17.2 Å². The van der Waals surface area contributed by atoms with Crippen molar-refractivity contribution in [1.29, 1.82) is 0 Å². The van der Waals surface area contributed by atoms with E-state index in [-0.39, 0.29) is 23.7 Å². The molecule has 1 saturated heterocycles. The number of aryl methyl sites for hydroxylation is 2. The summed E-state index contributed by atoms with van der Waals surface area (Å²) in [6.45, 7) is 5.20. The number of hydrogen-bond acceptors (Lipinski definition) is 8. The van der Waals surface area contributed by atoms with Crippen LogP contribution in [0.1, 0.15) is 23.6 Å². The molecular formula is C22H20N4O6. The molecule has 0 aliphatic carbocycles.